The minimum atomic E-state index is -5.89. The van der Waals surface area contributed by atoms with Crippen molar-refractivity contribution in [2.75, 3.05) is 11.4 Å². The minimum Gasteiger partial charge on any atom is -0.370 e. The zero-order valence-corrected chi connectivity index (χ0v) is 46.1. The van der Waals surface area contributed by atoms with E-state index >= 15 is 0 Å². The van der Waals surface area contributed by atoms with Gasteiger partial charge in [-0.25, -0.2) is 0 Å². The number of amides is 9. The molecule has 0 radical (unpaired) electrons. The van der Waals surface area contributed by atoms with E-state index in [1.165, 1.54) is 33.5 Å². The van der Waals surface area contributed by atoms with Gasteiger partial charge in [0.25, 0.3) is 11.8 Å². The quantitative estimate of drug-likeness (QED) is 0.0221. The number of primary amides is 1. The van der Waals surface area contributed by atoms with Crippen LogP contribution in [0.2, 0.25) is 0 Å². The lowest BCUT2D eigenvalue weighted by molar-refractivity contribution is -0.137. The smallest absolute Gasteiger partial charge is 0.370 e. The number of anilines is 1. The van der Waals surface area contributed by atoms with Crippen molar-refractivity contribution in [3.05, 3.63) is 136 Å². The number of aryl methyl sites for hydroxylation is 2. The second kappa shape index (κ2) is 24.9. The van der Waals surface area contributed by atoms with Crippen LogP contribution >= 0.6 is 7.60 Å². The summed E-state index contributed by atoms with van der Waals surface area (Å²) < 4.78 is 42.3. The number of rotatable bonds is 21. The van der Waals surface area contributed by atoms with Crippen molar-refractivity contribution in [2.45, 2.75) is 126 Å². The van der Waals surface area contributed by atoms with Gasteiger partial charge in [0.2, 0.25) is 41.4 Å². The van der Waals surface area contributed by atoms with E-state index in [4.69, 9.17) is 5.73 Å². The molecule has 0 bridgehead atoms. The van der Waals surface area contributed by atoms with E-state index in [0.29, 0.717) is 47.2 Å². The molecule has 9 N–H and O–H groups in total. The van der Waals surface area contributed by atoms with E-state index in [9.17, 15) is 66.3 Å². The number of unbranched alkanes of at least 4 members (excludes halogenated alkanes) is 5. The Morgan fingerprint density at radius 2 is 1.59 bits per heavy atom. The molecule has 24 heteroatoms. The third-order valence-electron chi connectivity index (χ3n) is 15.6. The van der Waals surface area contributed by atoms with Crippen LogP contribution in [0.25, 0.3) is 10.9 Å². The number of halogens is 2. The van der Waals surface area contributed by atoms with Gasteiger partial charge < -0.3 is 46.3 Å². The van der Waals surface area contributed by atoms with Crippen LogP contribution in [0.3, 0.4) is 0 Å². The van der Waals surface area contributed by atoms with Gasteiger partial charge in [-0.05, 0) is 91.1 Å². The topological polar surface area (TPSA) is 309 Å². The molecule has 1 aromatic heterocycles. The maximum absolute atomic E-state index is 14.7. The number of para-hydroxylation sites is 1. The molecule has 0 aliphatic carbocycles. The number of hydrogen-bond donors (Lipinski definition) is 8. The third kappa shape index (κ3) is 12.7. The molecule has 0 saturated carbocycles. The molecule has 4 aromatic carbocycles. The zero-order chi connectivity index (χ0) is 59.3. The molecule has 83 heavy (non-hydrogen) atoms. The van der Waals surface area contributed by atoms with E-state index in [-0.39, 0.29) is 80.0 Å². The van der Waals surface area contributed by atoms with Crippen molar-refractivity contribution < 1.29 is 66.3 Å². The lowest BCUT2D eigenvalue weighted by atomic mass is 10.0. The van der Waals surface area contributed by atoms with Crippen LogP contribution in [0.15, 0.2) is 91.0 Å². The average Bonchev–Trinajstić information content (AvgIpc) is 4.29. The monoisotopic (exact) mass is 1160 g/mol. The van der Waals surface area contributed by atoms with Crippen LogP contribution in [0, 0.1) is 11.8 Å². The Morgan fingerprint density at radius 3 is 2.34 bits per heavy atom. The molecule has 1 saturated heterocycles. The predicted octanol–water partition coefficient (Wildman–Crippen LogP) is 4.29. The molecular formula is C59H62F2N9O12P. The summed E-state index contributed by atoms with van der Waals surface area (Å²) in [4.78, 5) is 142. The molecule has 5 aromatic rings. The van der Waals surface area contributed by atoms with Gasteiger partial charge in [0.05, 0.1) is 5.69 Å². The summed E-state index contributed by atoms with van der Waals surface area (Å²) in [6.45, 7) is 0.523. The number of nitrogens with one attached hydrogen (secondary N) is 5. The summed E-state index contributed by atoms with van der Waals surface area (Å²) in [6, 6.07) is 17.5. The summed E-state index contributed by atoms with van der Waals surface area (Å²) in [5.74, 6) is 1.03. The summed E-state index contributed by atoms with van der Waals surface area (Å²) in [7, 11) is -4.41. The molecule has 4 aliphatic heterocycles. The molecule has 5 atom stereocenters. The van der Waals surface area contributed by atoms with Crippen LogP contribution in [-0.2, 0) is 70.2 Å². The fourth-order valence-corrected chi connectivity index (χ4v) is 11.7. The number of aromatic nitrogens is 1. The highest BCUT2D eigenvalue weighted by molar-refractivity contribution is 7.52. The lowest BCUT2D eigenvalue weighted by Gasteiger charge is -2.29. The van der Waals surface area contributed by atoms with E-state index in [0.717, 1.165) is 48.9 Å². The van der Waals surface area contributed by atoms with Crippen LogP contribution in [0.4, 0.5) is 14.5 Å². The van der Waals surface area contributed by atoms with E-state index < -0.39 is 90.4 Å². The molecule has 9 rings (SSSR count). The van der Waals surface area contributed by atoms with Crippen molar-refractivity contribution in [1.82, 2.24) is 36.1 Å². The first-order chi connectivity index (χ1) is 39.6. The zero-order valence-electron chi connectivity index (χ0n) is 45.3. The number of fused-ring (bicyclic) bond motifs is 2. The number of imide groups is 1. The Morgan fingerprint density at radius 1 is 0.855 bits per heavy atom. The number of nitrogens with two attached hydrogens (primary N) is 1. The van der Waals surface area contributed by atoms with Crippen LogP contribution < -0.4 is 37.2 Å². The van der Waals surface area contributed by atoms with Crippen molar-refractivity contribution in [2.24, 2.45) is 12.8 Å². The predicted molar refractivity (Wildman–Crippen MR) is 298 cm³/mol. The SMILES string of the molecule is Cn1c(C(=O)N[C@H]2CCc3cccc4c3N(C2=O)[C@H](C(=O)N[C@@H](CCC(N)=O)C(=O)N[C@H](C(=O)NCCCCCCCC#Cc2cccc3c2CN(C2CCC(=O)NC2=O)C3=O)c2ccccc2)C4)cc2cc(C(F)(F)P(=O)(O)O)ccc21. The standard InChI is InChI=1S/C59H62F2N9O12P/c1-68-44-25-22-39(59(60,61)83(80,81)82)30-38(44)32-46(68)54(75)65-43-23-21-36-18-12-19-37-31-47(70(51(36)37)58(43)79)55(76)64-42(24-27-48(62)71)52(73)67-50(35-15-9-7-10-16-35)56(77)63-29-11-6-4-2-3-5-8-14-34-17-13-20-40-41(34)33-69(57(40)78)45-26-28-49(72)66-53(45)74/h7,9-10,12-13,15-20,22,25,30,32,42-43,45,47,50H,2-6,11,21,23-24,26-29,31,33H2,1H3,(H2,62,71)(H,63,77)(H,64,76)(H,65,75)(H,67,73)(H,66,72,74)(H2,80,81,82)/t42-,43-,45?,47-,50-/m0/s1. The Balaban J connectivity index is 0.799. The number of hydrogen-bond acceptors (Lipinski definition) is 10. The number of piperidine rings is 1. The Kier molecular flexibility index (Phi) is 17.7. The summed E-state index contributed by atoms with van der Waals surface area (Å²) in [5, 5.41) is 13.5. The first-order valence-electron chi connectivity index (χ1n) is 27.4. The second-order valence-electron chi connectivity index (χ2n) is 21.1. The Hall–Kier alpha value is -8.58. The number of alkyl halides is 2. The maximum atomic E-state index is 14.7. The highest BCUT2D eigenvalue weighted by Crippen LogP contribution is 2.59. The van der Waals surface area contributed by atoms with Gasteiger partial charge in [-0.2, -0.15) is 8.78 Å². The number of nitrogens with zero attached hydrogens (tertiary/aromatic N) is 3. The van der Waals surface area contributed by atoms with Gasteiger partial charge in [0.15, 0.2) is 0 Å². The molecule has 5 heterocycles. The number of carbonyl (C=O) groups excluding carboxylic acids is 9. The molecule has 434 valence electrons. The highest BCUT2D eigenvalue weighted by Gasteiger charge is 2.51. The second-order valence-corrected chi connectivity index (χ2v) is 22.8. The van der Waals surface area contributed by atoms with Crippen molar-refractivity contribution in [3.8, 4) is 11.8 Å². The highest BCUT2D eigenvalue weighted by atomic mass is 31.2. The van der Waals surface area contributed by atoms with Crippen molar-refractivity contribution >= 4 is 77.4 Å². The summed E-state index contributed by atoms with van der Waals surface area (Å²) >= 11 is 0. The largest absolute Gasteiger partial charge is 0.399 e. The van der Waals surface area contributed by atoms with Gasteiger partial charge in [-0.15, -0.1) is 0 Å². The summed E-state index contributed by atoms with van der Waals surface area (Å²) in [5.41, 5.74) is 4.55. The lowest BCUT2D eigenvalue weighted by Crippen LogP contribution is -2.57. The maximum Gasteiger partial charge on any atom is 0.399 e. The number of carbonyl (C=O) groups is 9. The molecule has 21 nitrogen and oxygen atoms in total. The molecule has 4 aliphatic rings. The van der Waals surface area contributed by atoms with Crippen molar-refractivity contribution in [3.63, 3.8) is 0 Å². The minimum absolute atomic E-state index is 0.0232. The average molecular weight is 1160 g/mol. The number of benzene rings is 4. The van der Waals surface area contributed by atoms with Crippen LogP contribution in [0.5, 0.6) is 0 Å². The van der Waals surface area contributed by atoms with Crippen LogP contribution in [-0.4, -0.2) is 103 Å². The van der Waals surface area contributed by atoms with E-state index in [1.54, 1.807) is 60.7 Å². The fourth-order valence-electron chi connectivity index (χ4n) is 11.2. The Labute approximate surface area is 475 Å². The summed E-state index contributed by atoms with van der Waals surface area (Å²) in [6.07, 6.45) is 4.81. The van der Waals surface area contributed by atoms with Gasteiger partial charge in [0.1, 0.15) is 35.9 Å². The Bertz CT molecular complexity index is 3560. The molecule has 1 unspecified atom stereocenters. The van der Waals surface area contributed by atoms with Gasteiger partial charge in [-0.3, -0.25) is 57.9 Å². The first-order valence-corrected chi connectivity index (χ1v) is 29.0. The van der Waals surface area contributed by atoms with Crippen LogP contribution in [0.1, 0.15) is 131 Å². The molecular weight excluding hydrogens is 1100 g/mol. The van der Waals surface area contributed by atoms with Gasteiger partial charge >= 0.3 is 13.3 Å². The fraction of sp³-hybridized carbons (Fsp3) is 0.373. The van der Waals surface area contributed by atoms with E-state index in [1.807, 2.05) is 6.07 Å². The third-order valence-corrected chi connectivity index (χ3v) is 16.6. The first kappa shape index (κ1) is 59.1. The van der Waals surface area contributed by atoms with Gasteiger partial charge in [-0.1, -0.05) is 91.8 Å². The normalized spacial score (nSPS) is 18.3. The molecule has 0 spiro atoms. The molecule has 9 amide bonds. The van der Waals surface area contributed by atoms with Crippen molar-refractivity contribution in [1.29, 1.82) is 0 Å². The van der Waals surface area contributed by atoms with Gasteiger partial charge in [0, 0.05) is 73.4 Å². The van der Waals surface area contributed by atoms with E-state index in [2.05, 4.69) is 38.4 Å². The molecule has 1 fully saturated rings.